The van der Waals surface area contributed by atoms with E-state index < -0.39 is 0 Å². The van der Waals surface area contributed by atoms with Crippen LogP contribution in [0, 0.1) is 11.8 Å². The Morgan fingerprint density at radius 2 is 1.74 bits per heavy atom. The van der Waals surface area contributed by atoms with Crippen LogP contribution in [0.2, 0.25) is 0 Å². The molecule has 0 spiro atoms. The van der Waals surface area contributed by atoms with Gasteiger partial charge in [0.2, 0.25) is 5.91 Å². The number of rotatable bonds is 5. The molecular formula is C16H28N2O. The van der Waals surface area contributed by atoms with Crippen molar-refractivity contribution in [1.82, 2.24) is 10.2 Å². The van der Waals surface area contributed by atoms with E-state index in [4.69, 9.17) is 0 Å². The summed E-state index contributed by atoms with van der Waals surface area (Å²) in [5, 5.41) is 3.47. The van der Waals surface area contributed by atoms with Gasteiger partial charge in [-0.15, -0.1) is 0 Å². The van der Waals surface area contributed by atoms with Crippen LogP contribution >= 0.6 is 0 Å². The van der Waals surface area contributed by atoms with Crippen LogP contribution in [0.3, 0.4) is 0 Å². The van der Waals surface area contributed by atoms with Crippen molar-refractivity contribution in [2.24, 2.45) is 11.8 Å². The predicted molar refractivity (Wildman–Crippen MR) is 76.9 cm³/mol. The molecule has 108 valence electrons. The quantitative estimate of drug-likeness (QED) is 0.827. The normalized spacial score (nSPS) is 28.5. The Morgan fingerprint density at radius 1 is 1.00 bits per heavy atom. The highest BCUT2D eigenvalue weighted by atomic mass is 16.2. The van der Waals surface area contributed by atoms with Crippen molar-refractivity contribution in [2.75, 3.05) is 19.6 Å². The Hall–Kier alpha value is -0.570. The standard InChI is InChI=1S/C16H28N2O/c19-16(10-13-4-1-2-5-13)18(15-7-8-15)12-14-6-3-9-17-11-14/h13-15,17H,1-12H2. The Labute approximate surface area is 117 Å². The van der Waals surface area contributed by atoms with Gasteiger partial charge in [0, 0.05) is 19.0 Å². The van der Waals surface area contributed by atoms with E-state index in [1.807, 2.05) is 0 Å². The zero-order valence-electron chi connectivity index (χ0n) is 12.1. The third-order valence-corrected chi connectivity index (χ3v) is 5.10. The SMILES string of the molecule is O=C(CC1CCCC1)N(CC1CCCNC1)C1CC1. The van der Waals surface area contributed by atoms with E-state index in [0.29, 0.717) is 23.8 Å². The van der Waals surface area contributed by atoms with Gasteiger partial charge in [0.15, 0.2) is 0 Å². The summed E-state index contributed by atoms with van der Waals surface area (Å²) in [4.78, 5) is 14.8. The van der Waals surface area contributed by atoms with Crippen LogP contribution in [-0.4, -0.2) is 36.5 Å². The smallest absolute Gasteiger partial charge is 0.223 e. The average molecular weight is 264 g/mol. The summed E-state index contributed by atoms with van der Waals surface area (Å²) in [5.41, 5.74) is 0. The zero-order chi connectivity index (χ0) is 13.1. The number of piperidine rings is 1. The van der Waals surface area contributed by atoms with E-state index in [1.54, 1.807) is 0 Å². The molecule has 3 rings (SSSR count). The maximum Gasteiger partial charge on any atom is 0.223 e. The summed E-state index contributed by atoms with van der Waals surface area (Å²) >= 11 is 0. The summed E-state index contributed by atoms with van der Waals surface area (Å²) < 4.78 is 0. The molecule has 3 fully saturated rings. The summed E-state index contributed by atoms with van der Waals surface area (Å²) in [7, 11) is 0. The number of nitrogens with one attached hydrogen (secondary N) is 1. The summed E-state index contributed by atoms with van der Waals surface area (Å²) in [6.07, 6.45) is 11.2. The Balaban J connectivity index is 1.52. The largest absolute Gasteiger partial charge is 0.339 e. The number of nitrogens with zero attached hydrogens (tertiary/aromatic N) is 1. The fourth-order valence-electron chi connectivity index (χ4n) is 3.78. The lowest BCUT2D eigenvalue weighted by Crippen LogP contribution is -2.42. The second-order valence-electron chi connectivity index (χ2n) is 6.84. The lowest BCUT2D eigenvalue weighted by atomic mass is 9.98. The monoisotopic (exact) mass is 264 g/mol. The van der Waals surface area contributed by atoms with Gasteiger partial charge >= 0.3 is 0 Å². The van der Waals surface area contributed by atoms with Crippen LogP contribution in [0.1, 0.15) is 57.8 Å². The highest BCUT2D eigenvalue weighted by molar-refractivity contribution is 5.77. The molecule has 1 saturated heterocycles. The summed E-state index contributed by atoms with van der Waals surface area (Å²) in [5.74, 6) is 1.85. The molecular weight excluding hydrogens is 236 g/mol. The van der Waals surface area contributed by atoms with Gasteiger partial charge in [0.1, 0.15) is 0 Å². The van der Waals surface area contributed by atoms with Crippen molar-refractivity contribution in [3.8, 4) is 0 Å². The van der Waals surface area contributed by atoms with Crippen LogP contribution in [0.25, 0.3) is 0 Å². The predicted octanol–water partition coefficient (Wildman–Crippen LogP) is 2.56. The van der Waals surface area contributed by atoms with Crippen molar-refractivity contribution in [1.29, 1.82) is 0 Å². The summed E-state index contributed by atoms with van der Waals surface area (Å²) in [6, 6.07) is 0.593. The molecule has 0 bridgehead atoms. The topological polar surface area (TPSA) is 32.3 Å². The van der Waals surface area contributed by atoms with E-state index in [-0.39, 0.29) is 0 Å². The Kier molecular flexibility index (Phi) is 4.42. The molecule has 19 heavy (non-hydrogen) atoms. The fourth-order valence-corrected chi connectivity index (χ4v) is 3.78. The molecule has 1 N–H and O–H groups in total. The lowest BCUT2D eigenvalue weighted by molar-refractivity contribution is -0.133. The van der Waals surface area contributed by atoms with Crippen LogP contribution in [0.15, 0.2) is 0 Å². The number of hydrogen-bond acceptors (Lipinski definition) is 2. The van der Waals surface area contributed by atoms with Crippen LogP contribution < -0.4 is 5.32 Å². The molecule has 0 aromatic heterocycles. The van der Waals surface area contributed by atoms with E-state index in [9.17, 15) is 4.79 Å². The number of carbonyl (C=O) groups is 1. The van der Waals surface area contributed by atoms with Crippen molar-refractivity contribution in [3.63, 3.8) is 0 Å². The number of amides is 1. The zero-order valence-corrected chi connectivity index (χ0v) is 12.1. The van der Waals surface area contributed by atoms with Crippen LogP contribution in [0.4, 0.5) is 0 Å². The van der Waals surface area contributed by atoms with Gasteiger partial charge in [-0.1, -0.05) is 12.8 Å². The van der Waals surface area contributed by atoms with Crippen molar-refractivity contribution >= 4 is 5.91 Å². The molecule has 0 aromatic carbocycles. The third kappa shape index (κ3) is 3.71. The molecule has 1 heterocycles. The average Bonchev–Trinajstić information content (AvgIpc) is 3.15. The van der Waals surface area contributed by atoms with Crippen LogP contribution in [0.5, 0.6) is 0 Å². The van der Waals surface area contributed by atoms with E-state index >= 15 is 0 Å². The minimum absolute atomic E-state index is 0.458. The fraction of sp³-hybridized carbons (Fsp3) is 0.938. The Bertz CT molecular complexity index is 302. The van der Waals surface area contributed by atoms with Gasteiger partial charge < -0.3 is 10.2 Å². The van der Waals surface area contributed by atoms with Gasteiger partial charge in [-0.2, -0.15) is 0 Å². The first-order valence-electron chi connectivity index (χ1n) is 8.33. The van der Waals surface area contributed by atoms with E-state index in [2.05, 4.69) is 10.2 Å². The van der Waals surface area contributed by atoms with E-state index in [1.165, 1.54) is 51.4 Å². The highest BCUT2D eigenvalue weighted by Gasteiger charge is 2.35. The summed E-state index contributed by atoms with van der Waals surface area (Å²) in [6.45, 7) is 3.29. The highest BCUT2D eigenvalue weighted by Crippen LogP contribution is 2.32. The molecule has 2 saturated carbocycles. The molecule has 1 aliphatic heterocycles. The first kappa shape index (κ1) is 13.4. The molecule has 3 aliphatic rings. The Morgan fingerprint density at radius 3 is 2.37 bits per heavy atom. The molecule has 3 nitrogen and oxygen atoms in total. The van der Waals surface area contributed by atoms with Gasteiger partial charge in [-0.05, 0) is 63.5 Å². The molecule has 1 amide bonds. The molecule has 2 aliphatic carbocycles. The minimum atomic E-state index is 0.458. The molecule has 0 radical (unpaired) electrons. The lowest BCUT2D eigenvalue weighted by Gasteiger charge is -2.31. The first-order chi connectivity index (χ1) is 9.33. The van der Waals surface area contributed by atoms with Gasteiger partial charge in [0.05, 0.1) is 0 Å². The van der Waals surface area contributed by atoms with Crippen molar-refractivity contribution in [2.45, 2.75) is 63.8 Å². The maximum atomic E-state index is 12.6. The van der Waals surface area contributed by atoms with Crippen molar-refractivity contribution < 1.29 is 4.79 Å². The van der Waals surface area contributed by atoms with E-state index in [0.717, 1.165) is 26.1 Å². The van der Waals surface area contributed by atoms with Gasteiger partial charge in [-0.25, -0.2) is 0 Å². The third-order valence-electron chi connectivity index (χ3n) is 5.10. The minimum Gasteiger partial charge on any atom is -0.339 e. The molecule has 1 atom stereocenters. The second kappa shape index (κ2) is 6.25. The van der Waals surface area contributed by atoms with Crippen molar-refractivity contribution in [3.05, 3.63) is 0 Å². The number of hydrogen-bond donors (Lipinski definition) is 1. The number of carbonyl (C=O) groups excluding carboxylic acids is 1. The maximum absolute atomic E-state index is 12.6. The van der Waals surface area contributed by atoms with Crippen LogP contribution in [-0.2, 0) is 4.79 Å². The molecule has 1 unspecified atom stereocenters. The first-order valence-corrected chi connectivity index (χ1v) is 8.33. The van der Waals surface area contributed by atoms with Gasteiger partial charge in [-0.3, -0.25) is 4.79 Å². The molecule has 0 aromatic rings. The second-order valence-corrected chi connectivity index (χ2v) is 6.84. The van der Waals surface area contributed by atoms with Gasteiger partial charge in [0.25, 0.3) is 0 Å². The molecule has 3 heteroatoms.